The van der Waals surface area contributed by atoms with Crippen LogP contribution in [0.25, 0.3) is 0 Å². The first-order chi connectivity index (χ1) is 11.7. The van der Waals surface area contributed by atoms with Crippen LogP contribution >= 0.6 is 23.2 Å². The van der Waals surface area contributed by atoms with Crippen molar-refractivity contribution in [2.45, 2.75) is 45.5 Å². The summed E-state index contributed by atoms with van der Waals surface area (Å²) in [5.74, 6) is 0.729. The molecule has 0 spiro atoms. The molecule has 2 aromatic carbocycles. The maximum Gasteiger partial charge on any atom is 0.498 e. The van der Waals surface area contributed by atoms with Crippen LogP contribution in [-0.2, 0) is 15.9 Å². The SMILES string of the molecule is CC1(C)OB(c2ccccc2OCc2ccc(Cl)c(Cl)c2)OC1(C)C. The second kappa shape index (κ2) is 6.84. The van der Waals surface area contributed by atoms with Crippen LogP contribution in [0.1, 0.15) is 33.3 Å². The standard InChI is InChI=1S/C19H21BCl2O3/c1-18(2)19(3,4)25-20(24-18)14-7-5-6-8-17(14)23-12-13-9-10-15(21)16(22)11-13/h5-11H,12H2,1-4H3. The second-order valence-corrected chi connectivity index (χ2v) is 7.98. The minimum Gasteiger partial charge on any atom is -0.489 e. The summed E-state index contributed by atoms with van der Waals surface area (Å²) in [7, 11) is -0.463. The highest BCUT2D eigenvalue weighted by atomic mass is 35.5. The lowest BCUT2D eigenvalue weighted by Crippen LogP contribution is -2.41. The summed E-state index contributed by atoms with van der Waals surface area (Å²) in [6, 6.07) is 13.2. The third-order valence-electron chi connectivity index (χ3n) is 4.80. The highest BCUT2D eigenvalue weighted by Gasteiger charge is 2.52. The molecule has 0 aliphatic carbocycles. The van der Waals surface area contributed by atoms with Crippen LogP contribution < -0.4 is 10.2 Å². The third kappa shape index (κ3) is 3.82. The van der Waals surface area contributed by atoms with Crippen LogP contribution in [-0.4, -0.2) is 18.3 Å². The Morgan fingerprint density at radius 3 is 2.20 bits per heavy atom. The van der Waals surface area contributed by atoms with E-state index in [0.717, 1.165) is 16.8 Å². The number of benzene rings is 2. The van der Waals surface area contributed by atoms with Gasteiger partial charge < -0.3 is 14.0 Å². The van der Waals surface area contributed by atoms with Crippen molar-refractivity contribution in [1.29, 1.82) is 0 Å². The van der Waals surface area contributed by atoms with Crippen molar-refractivity contribution < 1.29 is 14.0 Å². The molecule has 0 unspecified atom stereocenters. The van der Waals surface area contributed by atoms with Crippen molar-refractivity contribution in [1.82, 2.24) is 0 Å². The molecule has 0 amide bonds. The molecule has 1 aliphatic heterocycles. The van der Waals surface area contributed by atoms with Crippen LogP contribution in [0.15, 0.2) is 42.5 Å². The van der Waals surface area contributed by atoms with E-state index in [1.165, 1.54) is 0 Å². The molecule has 6 heteroatoms. The van der Waals surface area contributed by atoms with E-state index in [1.807, 2.05) is 58.0 Å². The Morgan fingerprint density at radius 1 is 0.920 bits per heavy atom. The monoisotopic (exact) mass is 378 g/mol. The van der Waals surface area contributed by atoms with Gasteiger partial charge in [-0.15, -0.1) is 0 Å². The van der Waals surface area contributed by atoms with Gasteiger partial charge in [-0.25, -0.2) is 0 Å². The minimum atomic E-state index is -0.463. The lowest BCUT2D eigenvalue weighted by molar-refractivity contribution is 0.00578. The number of para-hydroxylation sites is 1. The molecule has 3 nitrogen and oxygen atoms in total. The number of ether oxygens (including phenoxy) is 1. The maximum absolute atomic E-state index is 6.14. The zero-order valence-corrected chi connectivity index (χ0v) is 16.3. The van der Waals surface area contributed by atoms with Gasteiger partial charge in [0.2, 0.25) is 0 Å². The van der Waals surface area contributed by atoms with E-state index in [2.05, 4.69) is 0 Å². The van der Waals surface area contributed by atoms with E-state index in [0.29, 0.717) is 16.7 Å². The fourth-order valence-corrected chi connectivity index (χ4v) is 2.89. The van der Waals surface area contributed by atoms with Gasteiger partial charge >= 0.3 is 7.12 Å². The Balaban J connectivity index is 1.79. The van der Waals surface area contributed by atoms with Gasteiger partial charge in [0.25, 0.3) is 0 Å². The topological polar surface area (TPSA) is 27.7 Å². The molecule has 1 aliphatic rings. The molecule has 0 atom stereocenters. The lowest BCUT2D eigenvalue weighted by atomic mass is 9.78. The minimum absolute atomic E-state index is 0.382. The number of rotatable bonds is 4. The van der Waals surface area contributed by atoms with Gasteiger partial charge in [-0.1, -0.05) is 47.5 Å². The van der Waals surface area contributed by atoms with Gasteiger partial charge in [0, 0.05) is 5.46 Å². The van der Waals surface area contributed by atoms with Crippen molar-refractivity contribution >= 4 is 35.8 Å². The van der Waals surface area contributed by atoms with Crippen molar-refractivity contribution in [2.24, 2.45) is 0 Å². The molecule has 25 heavy (non-hydrogen) atoms. The largest absolute Gasteiger partial charge is 0.498 e. The van der Waals surface area contributed by atoms with Gasteiger partial charge in [0.15, 0.2) is 0 Å². The van der Waals surface area contributed by atoms with Crippen molar-refractivity contribution in [3.8, 4) is 5.75 Å². The zero-order valence-electron chi connectivity index (χ0n) is 14.8. The van der Waals surface area contributed by atoms with Crippen LogP contribution in [0.2, 0.25) is 10.0 Å². The quantitative estimate of drug-likeness (QED) is 0.710. The van der Waals surface area contributed by atoms with E-state index in [-0.39, 0.29) is 0 Å². The summed E-state index contributed by atoms with van der Waals surface area (Å²) in [5, 5.41) is 1.05. The molecular weight excluding hydrogens is 358 g/mol. The van der Waals surface area contributed by atoms with Gasteiger partial charge in [-0.05, 0) is 51.5 Å². The number of hydrogen-bond donors (Lipinski definition) is 0. The van der Waals surface area contributed by atoms with E-state index in [1.54, 1.807) is 12.1 Å². The van der Waals surface area contributed by atoms with Gasteiger partial charge in [-0.3, -0.25) is 0 Å². The molecule has 1 fully saturated rings. The zero-order chi connectivity index (χ0) is 18.2. The average molecular weight is 379 g/mol. The van der Waals surface area contributed by atoms with Gasteiger partial charge in [0.05, 0.1) is 21.2 Å². The molecule has 2 aromatic rings. The third-order valence-corrected chi connectivity index (χ3v) is 5.54. The molecule has 132 valence electrons. The summed E-state index contributed by atoms with van der Waals surface area (Å²) in [5.41, 5.74) is 1.03. The number of halogens is 2. The van der Waals surface area contributed by atoms with E-state index in [4.69, 9.17) is 37.2 Å². The highest BCUT2D eigenvalue weighted by molar-refractivity contribution is 6.63. The van der Waals surface area contributed by atoms with Crippen LogP contribution in [0.4, 0.5) is 0 Å². The summed E-state index contributed by atoms with van der Waals surface area (Å²) in [4.78, 5) is 0. The fourth-order valence-electron chi connectivity index (χ4n) is 2.57. The molecule has 1 heterocycles. The average Bonchev–Trinajstić information content (AvgIpc) is 2.77. The van der Waals surface area contributed by atoms with Crippen molar-refractivity contribution in [3.05, 3.63) is 58.1 Å². The normalized spacial score (nSPS) is 18.4. The molecule has 0 radical (unpaired) electrons. The number of hydrogen-bond acceptors (Lipinski definition) is 3. The van der Waals surface area contributed by atoms with Crippen LogP contribution in [0.3, 0.4) is 0 Å². The Kier molecular flexibility index (Phi) is 5.09. The van der Waals surface area contributed by atoms with E-state index >= 15 is 0 Å². The smallest absolute Gasteiger partial charge is 0.489 e. The Bertz CT molecular complexity index is 761. The summed E-state index contributed by atoms with van der Waals surface area (Å²) in [6.07, 6.45) is 0. The van der Waals surface area contributed by atoms with E-state index < -0.39 is 18.3 Å². The van der Waals surface area contributed by atoms with Gasteiger partial charge in [0.1, 0.15) is 12.4 Å². The highest BCUT2D eigenvalue weighted by Crippen LogP contribution is 2.37. The molecule has 0 aromatic heterocycles. The van der Waals surface area contributed by atoms with Crippen molar-refractivity contribution in [3.63, 3.8) is 0 Å². The predicted molar refractivity (Wildman–Crippen MR) is 103 cm³/mol. The summed E-state index contributed by atoms with van der Waals surface area (Å²) in [6.45, 7) is 8.52. The van der Waals surface area contributed by atoms with Crippen LogP contribution in [0, 0.1) is 0 Å². The van der Waals surface area contributed by atoms with Gasteiger partial charge in [-0.2, -0.15) is 0 Å². The Labute approximate surface area is 159 Å². The molecule has 1 saturated heterocycles. The fraction of sp³-hybridized carbons (Fsp3) is 0.368. The molecule has 3 rings (SSSR count). The van der Waals surface area contributed by atoms with Crippen LogP contribution in [0.5, 0.6) is 5.75 Å². The predicted octanol–water partition coefficient (Wildman–Crippen LogP) is 4.87. The first-order valence-electron chi connectivity index (χ1n) is 8.21. The lowest BCUT2D eigenvalue weighted by Gasteiger charge is -2.32. The first kappa shape index (κ1) is 18.6. The van der Waals surface area contributed by atoms with Crippen molar-refractivity contribution in [2.75, 3.05) is 0 Å². The second-order valence-electron chi connectivity index (χ2n) is 7.16. The van der Waals surface area contributed by atoms with E-state index in [9.17, 15) is 0 Å². The maximum atomic E-state index is 6.14. The Morgan fingerprint density at radius 2 is 1.56 bits per heavy atom. The molecular formula is C19H21BCl2O3. The first-order valence-corrected chi connectivity index (χ1v) is 8.96. The summed E-state index contributed by atoms with van der Waals surface area (Å²) < 4.78 is 18.3. The molecule has 0 N–H and O–H groups in total. The molecule has 0 saturated carbocycles. The summed E-state index contributed by atoms with van der Waals surface area (Å²) >= 11 is 12.0. The Hall–Kier alpha value is -1.20. The molecule has 0 bridgehead atoms.